The van der Waals surface area contributed by atoms with E-state index >= 15 is 0 Å². The average molecular weight is 392 g/mol. The molecule has 146 valence electrons. The first-order valence-electron chi connectivity index (χ1n) is 8.87. The molecule has 0 spiro atoms. The van der Waals surface area contributed by atoms with Gasteiger partial charge in [-0.2, -0.15) is 0 Å². The summed E-state index contributed by atoms with van der Waals surface area (Å²) in [6.07, 6.45) is 3.18. The van der Waals surface area contributed by atoms with E-state index in [0.717, 1.165) is 6.42 Å². The summed E-state index contributed by atoms with van der Waals surface area (Å²) in [5, 5.41) is 7.60. The SMILES string of the molecule is CCCNC(=O)Cc1csc(NC(=O)CN(CCC)C(=O)c2ccco2)n1. The van der Waals surface area contributed by atoms with Crippen LogP contribution < -0.4 is 10.6 Å². The second-order valence-electron chi connectivity index (χ2n) is 5.92. The van der Waals surface area contributed by atoms with Crippen LogP contribution in [0.5, 0.6) is 0 Å². The molecule has 0 saturated heterocycles. The number of anilines is 1. The van der Waals surface area contributed by atoms with E-state index in [1.807, 2.05) is 13.8 Å². The van der Waals surface area contributed by atoms with E-state index in [2.05, 4.69) is 15.6 Å². The molecular formula is C18H24N4O4S. The zero-order valence-electron chi connectivity index (χ0n) is 15.5. The largest absolute Gasteiger partial charge is 0.459 e. The normalized spacial score (nSPS) is 10.4. The number of carbonyl (C=O) groups excluding carboxylic acids is 3. The summed E-state index contributed by atoms with van der Waals surface area (Å²) in [7, 11) is 0. The molecule has 2 aromatic rings. The summed E-state index contributed by atoms with van der Waals surface area (Å²) in [6, 6.07) is 3.20. The summed E-state index contributed by atoms with van der Waals surface area (Å²) < 4.78 is 5.12. The molecule has 0 bridgehead atoms. The Kier molecular flexibility index (Phi) is 8.00. The predicted octanol–water partition coefficient (Wildman–Crippen LogP) is 2.30. The zero-order valence-corrected chi connectivity index (χ0v) is 16.3. The number of carbonyl (C=O) groups is 3. The summed E-state index contributed by atoms with van der Waals surface area (Å²) >= 11 is 1.25. The van der Waals surface area contributed by atoms with Crippen LogP contribution in [-0.2, 0) is 16.0 Å². The van der Waals surface area contributed by atoms with Crippen molar-refractivity contribution in [2.45, 2.75) is 33.1 Å². The van der Waals surface area contributed by atoms with E-state index in [-0.39, 0.29) is 36.4 Å². The quantitative estimate of drug-likeness (QED) is 0.645. The highest BCUT2D eigenvalue weighted by molar-refractivity contribution is 7.13. The van der Waals surface area contributed by atoms with Gasteiger partial charge in [-0.25, -0.2) is 4.98 Å². The molecule has 0 aromatic carbocycles. The smallest absolute Gasteiger partial charge is 0.290 e. The summed E-state index contributed by atoms with van der Waals surface area (Å²) in [4.78, 5) is 42.1. The molecule has 9 heteroatoms. The third-order valence-electron chi connectivity index (χ3n) is 3.56. The Balaban J connectivity index is 1.90. The molecule has 0 aliphatic heterocycles. The molecule has 27 heavy (non-hydrogen) atoms. The molecule has 8 nitrogen and oxygen atoms in total. The lowest BCUT2D eigenvalue weighted by atomic mass is 10.3. The molecule has 0 saturated carbocycles. The van der Waals surface area contributed by atoms with Gasteiger partial charge in [0.05, 0.1) is 18.4 Å². The van der Waals surface area contributed by atoms with Crippen molar-refractivity contribution >= 4 is 34.2 Å². The van der Waals surface area contributed by atoms with Crippen LogP contribution in [0.3, 0.4) is 0 Å². The Bertz CT molecular complexity index is 757. The van der Waals surface area contributed by atoms with Gasteiger partial charge in [0.2, 0.25) is 11.8 Å². The van der Waals surface area contributed by atoms with Crippen molar-refractivity contribution in [3.8, 4) is 0 Å². The van der Waals surface area contributed by atoms with Crippen LogP contribution in [0.2, 0.25) is 0 Å². The molecule has 0 aliphatic rings. The maximum Gasteiger partial charge on any atom is 0.290 e. The monoisotopic (exact) mass is 392 g/mol. The van der Waals surface area contributed by atoms with Crippen LogP contribution in [0.15, 0.2) is 28.2 Å². The highest BCUT2D eigenvalue weighted by Gasteiger charge is 2.21. The summed E-state index contributed by atoms with van der Waals surface area (Å²) in [5.41, 5.74) is 0.598. The van der Waals surface area contributed by atoms with Crippen molar-refractivity contribution in [2.24, 2.45) is 0 Å². The van der Waals surface area contributed by atoms with Crippen molar-refractivity contribution in [1.29, 1.82) is 0 Å². The van der Waals surface area contributed by atoms with Crippen LogP contribution in [0, 0.1) is 0 Å². The van der Waals surface area contributed by atoms with Gasteiger partial charge in [-0.1, -0.05) is 13.8 Å². The number of nitrogens with zero attached hydrogens (tertiary/aromatic N) is 2. The van der Waals surface area contributed by atoms with E-state index in [4.69, 9.17) is 4.42 Å². The number of furan rings is 1. The Morgan fingerprint density at radius 3 is 2.70 bits per heavy atom. The van der Waals surface area contributed by atoms with E-state index < -0.39 is 0 Å². The van der Waals surface area contributed by atoms with Gasteiger partial charge in [0.1, 0.15) is 6.54 Å². The highest BCUT2D eigenvalue weighted by atomic mass is 32.1. The van der Waals surface area contributed by atoms with Crippen LogP contribution in [0.4, 0.5) is 5.13 Å². The van der Waals surface area contributed by atoms with Gasteiger partial charge in [-0.3, -0.25) is 14.4 Å². The second kappa shape index (κ2) is 10.5. The average Bonchev–Trinajstić information content (AvgIpc) is 3.31. The third-order valence-corrected chi connectivity index (χ3v) is 4.37. The molecule has 2 N–H and O–H groups in total. The fraction of sp³-hybridized carbons (Fsp3) is 0.444. The van der Waals surface area contributed by atoms with Crippen LogP contribution >= 0.6 is 11.3 Å². The minimum Gasteiger partial charge on any atom is -0.459 e. The summed E-state index contributed by atoms with van der Waals surface area (Å²) in [6.45, 7) is 4.88. The lowest BCUT2D eigenvalue weighted by Crippen LogP contribution is -2.38. The molecule has 2 aromatic heterocycles. The van der Waals surface area contributed by atoms with Gasteiger partial charge in [-0.05, 0) is 25.0 Å². The molecule has 0 unspecified atom stereocenters. The Labute approximate surface area is 162 Å². The van der Waals surface area contributed by atoms with E-state index in [1.165, 1.54) is 22.5 Å². The number of amides is 3. The third kappa shape index (κ3) is 6.52. The van der Waals surface area contributed by atoms with E-state index in [0.29, 0.717) is 30.3 Å². The van der Waals surface area contributed by atoms with Crippen molar-refractivity contribution in [2.75, 3.05) is 25.0 Å². The van der Waals surface area contributed by atoms with Crippen LogP contribution in [-0.4, -0.2) is 47.2 Å². The number of hydrogen-bond donors (Lipinski definition) is 2. The molecule has 0 radical (unpaired) electrons. The maximum absolute atomic E-state index is 12.4. The molecule has 2 heterocycles. The predicted molar refractivity (Wildman–Crippen MR) is 103 cm³/mol. The first kappa shape index (κ1) is 20.6. The van der Waals surface area contributed by atoms with Crippen molar-refractivity contribution < 1.29 is 18.8 Å². The topological polar surface area (TPSA) is 105 Å². The Morgan fingerprint density at radius 1 is 1.22 bits per heavy atom. The summed E-state index contributed by atoms with van der Waals surface area (Å²) in [5.74, 6) is -0.576. The first-order valence-corrected chi connectivity index (χ1v) is 9.75. The van der Waals surface area contributed by atoms with E-state index in [9.17, 15) is 14.4 Å². The Hall–Kier alpha value is -2.68. The molecule has 3 amide bonds. The number of aromatic nitrogens is 1. The van der Waals surface area contributed by atoms with Crippen molar-refractivity contribution in [3.63, 3.8) is 0 Å². The van der Waals surface area contributed by atoms with Gasteiger partial charge >= 0.3 is 0 Å². The minimum absolute atomic E-state index is 0.0979. The lowest BCUT2D eigenvalue weighted by molar-refractivity contribution is -0.120. The number of nitrogens with one attached hydrogen (secondary N) is 2. The lowest BCUT2D eigenvalue weighted by Gasteiger charge is -2.20. The molecule has 0 atom stereocenters. The maximum atomic E-state index is 12.4. The van der Waals surface area contributed by atoms with Gasteiger partial charge in [0, 0.05) is 18.5 Å². The van der Waals surface area contributed by atoms with Crippen LogP contribution in [0.25, 0.3) is 0 Å². The van der Waals surface area contributed by atoms with Crippen molar-refractivity contribution in [1.82, 2.24) is 15.2 Å². The standard InChI is InChI=1S/C18H24N4O4S/c1-3-7-19-15(23)10-13-12-27-18(20-13)21-16(24)11-22(8-4-2)17(25)14-6-5-9-26-14/h5-6,9,12H,3-4,7-8,10-11H2,1-2H3,(H,19,23)(H,20,21,24). The Morgan fingerprint density at radius 2 is 2.04 bits per heavy atom. The van der Waals surface area contributed by atoms with Crippen molar-refractivity contribution in [3.05, 3.63) is 35.2 Å². The molecule has 0 aliphatic carbocycles. The second-order valence-corrected chi connectivity index (χ2v) is 6.78. The fourth-order valence-corrected chi connectivity index (χ4v) is 3.07. The van der Waals surface area contributed by atoms with Gasteiger partial charge < -0.3 is 20.0 Å². The zero-order chi connectivity index (χ0) is 19.6. The first-order chi connectivity index (χ1) is 13.0. The molecular weight excluding hydrogens is 368 g/mol. The highest BCUT2D eigenvalue weighted by Crippen LogP contribution is 2.16. The van der Waals surface area contributed by atoms with Crippen LogP contribution in [0.1, 0.15) is 42.9 Å². The van der Waals surface area contributed by atoms with Gasteiger partial charge in [-0.15, -0.1) is 11.3 Å². The molecule has 0 fully saturated rings. The van der Waals surface area contributed by atoms with Gasteiger partial charge in [0.15, 0.2) is 10.9 Å². The van der Waals surface area contributed by atoms with E-state index in [1.54, 1.807) is 17.5 Å². The molecule has 2 rings (SSSR count). The number of rotatable bonds is 10. The van der Waals surface area contributed by atoms with Gasteiger partial charge in [0.25, 0.3) is 5.91 Å². The minimum atomic E-state index is -0.348. The fourth-order valence-electron chi connectivity index (χ4n) is 2.35. The number of thiazole rings is 1. The number of hydrogen-bond acceptors (Lipinski definition) is 6.